The van der Waals surface area contributed by atoms with Crippen molar-refractivity contribution >= 4 is 34.5 Å². The first-order chi connectivity index (χ1) is 16.3. The van der Waals surface area contributed by atoms with E-state index in [4.69, 9.17) is 9.15 Å². The number of aliphatic hydroxyl groups is 2. The maximum Gasteiger partial charge on any atom is 0.447 e. The van der Waals surface area contributed by atoms with Crippen molar-refractivity contribution in [1.29, 1.82) is 0 Å². The molecule has 2 N–H and O–H groups in total. The van der Waals surface area contributed by atoms with E-state index in [0.29, 0.717) is 23.7 Å². The zero-order valence-electron chi connectivity index (χ0n) is 19.0. The summed E-state index contributed by atoms with van der Waals surface area (Å²) in [4.78, 5) is 24.4. The Labute approximate surface area is 201 Å². The standard InChI is InChI=1S/C22H23F3N4O5S/c1-20(2,3)34-19(30)29-11-8-12(29)10-28(9-11)18-27-15-14(21(31,32)22(23,24)25)5-4-13(16(15)33-18)17-26-6-7-35-17/h4-7,11-12,31-32H,8-10H2,1-3H3. The molecule has 1 amide bonds. The average molecular weight is 513 g/mol. The fraction of sp³-hybridized carbons (Fsp3) is 0.500. The number of hydrogen-bond donors (Lipinski definition) is 2. The summed E-state index contributed by atoms with van der Waals surface area (Å²) in [6.07, 6.45) is -3.48. The van der Waals surface area contributed by atoms with Gasteiger partial charge in [0.05, 0.1) is 23.2 Å². The summed E-state index contributed by atoms with van der Waals surface area (Å²) in [5.74, 6) is -4.13. The Kier molecular flexibility index (Phi) is 5.31. The van der Waals surface area contributed by atoms with Crippen LogP contribution >= 0.6 is 11.3 Å². The van der Waals surface area contributed by atoms with Crippen LogP contribution in [0.15, 0.2) is 28.1 Å². The molecule has 3 aliphatic heterocycles. The van der Waals surface area contributed by atoms with E-state index in [-0.39, 0.29) is 29.2 Å². The van der Waals surface area contributed by atoms with E-state index < -0.39 is 29.2 Å². The van der Waals surface area contributed by atoms with E-state index in [1.54, 1.807) is 42.1 Å². The van der Waals surface area contributed by atoms with Crippen molar-refractivity contribution < 1.29 is 37.3 Å². The molecule has 3 saturated heterocycles. The number of carbonyl (C=O) groups excluding carboxylic acids is 1. The van der Waals surface area contributed by atoms with Gasteiger partial charge in [-0.3, -0.25) is 4.90 Å². The summed E-state index contributed by atoms with van der Waals surface area (Å²) in [5, 5.41) is 22.1. The van der Waals surface area contributed by atoms with Crippen molar-refractivity contribution in [2.75, 3.05) is 18.0 Å². The van der Waals surface area contributed by atoms with Crippen molar-refractivity contribution in [3.05, 3.63) is 29.3 Å². The largest absolute Gasteiger partial charge is 0.447 e. The van der Waals surface area contributed by atoms with Gasteiger partial charge in [-0.25, -0.2) is 9.78 Å². The van der Waals surface area contributed by atoms with Crippen molar-refractivity contribution in [3.8, 4) is 10.6 Å². The zero-order valence-corrected chi connectivity index (χ0v) is 19.9. The number of fused-ring (bicyclic) bond motifs is 3. The maximum atomic E-state index is 13.4. The van der Waals surface area contributed by atoms with Crippen LogP contribution < -0.4 is 4.90 Å². The van der Waals surface area contributed by atoms with Crippen LogP contribution in [0.5, 0.6) is 0 Å². The molecule has 3 aliphatic rings. The molecule has 188 valence electrons. The highest BCUT2D eigenvalue weighted by atomic mass is 32.1. The molecular weight excluding hydrogens is 489 g/mol. The Hall–Kier alpha value is -2.90. The smallest absolute Gasteiger partial charge is 0.444 e. The van der Waals surface area contributed by atoms with E-state index in [2.05, 4.69) is 9.97 Å². The van der Waals surface area contributed by atoms with Crippen molar-refractivity contribution in [3.63, 3.8) is 0 Å². The number of rotatable bonds is 3. The first kappa shape index (κ1) is 23.8. The minimum absolute atomic E-state index is 0.0294. The minimum atomic E-state index is -5.36. The van der Waals surface area contributed by atoms with Crippen LogP contribution in [0.25, 0.3) is 21.7 Å². The van der Waals surface area contributed by atoms with E-state index in [9.17, 15) is 28.2 Å². The van der Waals surface area contributed by atoms with Crippen LogP contribution in [0, 0.1) is 0 Å². The molecule has 2 aromatic heterocycles. The van der Waals surface area contributed by atoms with Crippen LogP contribution in [0.4, 0.5) is 24.0 Å². The topological polar surface area (TPSA) is 112 Å². The van der Waals surface area contributed by atoms with Gasteiger partial charge in [-0.15, -0.1) is 11.3 Å². The maximum absolute atomic E-state index is 13.4. The second-order valence-electron chi connectivity index (χ2n) is 9.68. The molecule has 3 fully saturated rings. The monoisotopic (exact) mass is 512 g/mol. The number of anilines is 1. The molecule has 13 heteroatoms. The molecule has 6 rings (SSSR count). The molecule has 3 aromatic rings. The molecule has 2 atom stereocenters. The summed E-state index contributed by atoms with van der Waals surface area (Å²) in [5.41, 5.74) is -1.45. The van der Waals surface area contributed by atoms with Gasteiger partial charge in [0.15, 0.2) is 5.58 Å². The van der Waals surface area contributed by atoms with Gasteiger partial charge in [0.2, 0.25) is 0 Å². The predicted molar refractivity (Wildman–Crippen MR) is 120 cm³/mol. The summed E-state index contributed by atoms with van der Waals surface area (Å²) < 4.78 is 51.7. The first-order valence-corrected chi connectivity index (χ1v) is 11.8. The molecule has 1 aromatic carbocycles. The highest BCUT2D eigenvalue weighted by Crippen LogP contribution is 2.44. The summed E-state index contributed by atoms with van der Waals surface area (Å²) in [6, 6.07) is 1.97. The Balaban J connectivity index is 1.50. The number of amides is 1. The van der Waals surface area contributed by atoms with E-state index in [1.165, 1.54) is 17.4 Å². The molecule has 2 bridgehead atoms. The van der Waals surface area contributed by atoms with Gasteiger partial charge >= 0.3 is 12.3 Å². The third-order valence-electron chi connectivity index (χ3n) is 6.03. The highest BCUT2D eigenvalue weighted by Gasteiger charge is 2.56. The number of alkyl halides is 3. The van der Waals surface area contributed by atoms with Crippen LogP contribution in [-0.2, 0) is 10.5 Å². The van der Waals surface area contributed by atoms with Crippen molar-refractivity contribution in [2.45, 2.75) is 56.8 Å². The van der Waals surface area contributed by atoms with Gasteiger partial charge in [0, 0.05) is 24.7 Å². The number of hydrogen-bond acceptors (Lipinski definition) is 9. The number of piperazine rings is 1. The van der Waals surface area contributed by atoms with Gasteiger partial charge < -0.3 is 24.3 Å². The number of nitrogens with zero attached hydrogens (tertiary/aromatic N) is 4. The quantitative estimate of drug-likeness (QED) is 0.509. The molecule has 0 saturated carbocycles. The first-order valence-electron chi connectivity index (χ1n) is 10.9. The molecular formula is C22H23F3N4O5S. The second-order valence-corrected chi connectivity index (χ2v) is 10.6. The number of ether oxygens (including phenoxy) is 1. The number of carbonyl (C=O) groups is 1. The van der Waals surface area contributed by atoms with E-state index >= 15 is 0 Å². The number of benzene rings is 1. The van der Waals surface area contributed by atoms with Gasteiger partial charge in [-0.2, -0.15) is 18.2 Å². The average Bonchev–Trinajstić information content (AvgIpc) is 3.41. The fourth-order valence-electron chi connectivity index (χ4n) is 4.47. The molecule has 0 aliphatic carbocycles. The highest BCUT2D eigenvalue weighted by molar-refractivity contribution is 7.13. The lowest BCUT2D eigenvalue weighted by Gasteiger charge is -2.55. The second kappa shape index (κ2) is 7.80. The zero-order chi connectivity index (χ0) is 25.3. The van der Waals surface area contributed by atoms with Gasteiger partial charge in [0.1, 0.15) is 16.1 Å². The molecule has 5 heterocycles. The SMILES string of the molecule is CC(C)(C)OC(=O)N1C2CC1CN(c1nc3c(C(O)(O)C(F)(F)F)ccc(-c4nccs4)c3o1)C2. The predicted octanol–water partition coefficient (Wildman–Crippen LogP) is 3.85. The summed E-state index contributed by atoms with van der Waals surface area (Å²) in [6.45, 7) is 6.03. The molecule has 2 unspecified atom stereocenters. The number of oxazole rings is 1. The summed E-state index contributed by atoms with van der Waals surface area (Å²) in [7, 11) is 0. The lowest BCUT2D eigenvalue weighted by Crippen LogP contribution is -2.70. The Bertz CT molecular complexity index is 1260. The van der Waals surface area contributed by atoms with Crippen LogP contribution in [0.1, 0.15) is 32.8 Å². The normalized spacial score (nSPS) is 20.8. The fourth-order valence-corrected chi connectivity index (χ4v) is 5.13. The Morgan fingerprint density at radius 2 is 1.89 bits per heavy atom. The number of thiazole rings is 1. The molecule has 35 heavy (non-hydrogen) atoms. The Morgan fingerprint density at radius 3 is 2.46 bits per heavy atom. The number of halogens is 3. The van der Waals surface area contributed by atoms with Crippen molar-refractivity contribution in [1.82, 2.24) is 14.9 Å². The van der Waals surface area contributed by atoms with E-state index in [1.807, 2.05) is 0 Å². The molecule has 0 radical (unpaired) electrons. The third kappa shape index (κ3) is 4.00. The van der Waals surface area contributed by atoms with Crippen LogP contribution in [0.3, 0.4) is 0 Å². The Morgan fingerprint density at radius 1 is 1.20 bits per heavy atom. The van der Waals surface area contributed by atoms with Crippen LogP contribution in [-0.4, -0.2) is 68.1 Å². The minimum Gasteiger partial charge on any atom is -0.444 e. The van der Waals surface area contributed by atoms with Gasteiger partial charge in [-0.1, -0.05) is 6.07 Å². The number of piperidine rings is 1. The van der Waals surface area contributed by atoms with Gasteiger partial charge in [0.25, 0.3) is 11.8 Å². The lowest BCUT2D eigenvalue weighted by molar-refractivity contribution is -0.357. The number of aromatic nitrogens is 2. The molecule has 9 nitrogen and oxygen atoms in total. The van der Waals surface area contributed by atoms with Gasteiger partial charge in [-0.05, 0) is 33.3 Å². The van der Waals surface area contributed by atoms with Crippen LogP contribution in [0.2, 0.25) is 0 Å². The third-order valence-corrected chi connectivity index (χ3v) is 6.84. The summed E-state index contributed by atoms with van der Waals surface area (Å²) >= 11 is 1.25. The lowest BCUT2D eigenvalue weighted by atomic mass is 9.88. The van der Waals surface area contributed by atoms with Crippen molar-refractivity contribution in [2.24, 2.45) is 0 Å². The molecule has 0 spiro atoms. The van der Waals surface area contributed by atoms with E-state index in [0.717, 1.165) is 12.5 Å².